The number of anilines is 1. The van der Waals surface area contributed by atoms with E-state index in [4.69, 9.17) is 0 Å². The lowest BCUT2D eigenvalue weighted by atomic mass is 9.99. The molecule has 1 aliphatic carbocycles. The molecule has 1 aliphatic heterocycles. The number of aryl methyl sites for hydroxylation is 2. The van der Waals surface area contributed by atoms with E-state index in [9.17, 15) is 13.2 Å². The molecule has 32 heavy (non-hydrogen) atoms. The minimum absolute atomic E-state index is 0.0557. The maximum atomic E-state index is 13.0. The zero-order valence-corrected chi connectivity index (χ0v) is 19.8. The minimum atomic E-state index is -3.51. The number of sulfonamides is 1. The van der Waals surface area contributed by atoms with Crippen LogP contribution in [0.2, 0.25) is 0 Å². The van der Waals surface area contributed by atoms with E-state index in [1.807, 2.05) is 23.1 Å². The van der Waals surface area contributed by atoms with Gasteiger partial charge in [0.15, 0.2) is 0 Å². The molecule has 1 heterocycles. The molecule has 0 aromatic heterocycles. The first kappa shape index (κ1) is 23.0. The van der Waals surface area contributed by atoms with E-state index in [1.165, 1.54) is 21.9 Å². The van der Waals surface area contributed by atoms with Gasteiger partial charge in [0, 0.05) is 31.9 Å². The lowest BCUT2D eigenvalue weighted by Crippen LogP contribution is -2.50. The van der Waals surface area contributed by atoms with Crippen LogP contribution in [0.3, 0.4) is 0 Å². The Kier molecular flexibility index (Phi) is 6.98. The molecule has 2 aliphatic rings. The summed E-state index contributed by atoms with van der Waals surface area (Å²) in [5.41, 5.74) is 4.72. The van der Waals surface area contributed by atoms with Crippen molar-refractivity contribution in [1.82, 2.24) is 9.21 Å². The highest BCUT2D eigenvalue weighted by molar-refractivity contribution is 7.89. The molecule has 1 fully saturated rings. The molecule has 2 aromatic rings. The largest absolute Gasteiger partial charge is 0.325 e. The minimum Gasteiger partial charge on any atom is -0.325 e. The zero-order chi connectivity index (χ0) is 22.7. The molecule has 1 N–H and O–H groups in total. The molecule has 0 radical (unpaired) electrons. The second kappa shape index (κ2) is 9.73. The lowest BCUT2D eigenvalue weighted by molar-refractivity contribution is -0.117. The van der Waals surface area contributed by atoms with E-state index in [0.717, 1.165) is 30.5 Å². The number of benzene rings is 2. The molecule has 0 spiro atoms. The van der Waals surface area contributed by atoms with Gasteiger partial charge in [-0.15, -0.1) is 0 Å². The third-order valence-electron chi connectivity index (χ3n) is 6.78. The average molecular weight is 456 g/mol. The normalized spacial score (nSPS) is 18.3. The highest BCUT2D eigenvalue weighted by atomic mass is 32.2. The molecule has 1 atom stereocenters. The van der Waals surface area contributed by atoms with E-state index in [1.54, 1.807) is 12.1 Å². The summed E-state index contributed by atoms with van der Waals surface area (Å²) in [6.45, 7) is 6.41. The van der Waals surface area contributed by atoms with E-state index >= 15 is 0 Å². The van der Waals surface area contributed by atoms with Gasteiger partial charge in [-0.05, 0) is 72.6 Å². The molecule has 0 saturated carbocycles. The molecular formula is C25H33N3O3S. The molecule has 1 saturated heterocycles. The molecular weight excluding hydrogens is 422 g/mol. The Hall–Kier alpha value is -2.22. The summed E-state index contributed by atoms with van der Waals surface area (Å²) in [5.74, 6) is 0.359. The number of fused-ring (bicyclic) bond motifs is 1. The lowest BCUT2D eigenvalue weighted by Gasteiger charge is -2.33. The van der Waals surface area contributed by atoms with Crippen LogP contribution in [0.5, 0.6) is 0 Å². The van der Waals surface area contributed by atoms with Crippen LogP contribution in [-0.4, -0.2) is 56.3 Å². The van der Waals surface area contributed by atoms with Gasteiger partial charge < -0.3 is 5.32 Å². The fraction of sp³-hybridized carbons (Fsp3) is 0.480. The van der Waals surface area contributed by atoms with Crippen molar-refractivity contribution in [3.8, 4) is 0 Å². The number of hydrogen-bond donors (Lipinski definition) is 1. The second-order valence-corrected chi connectivity index (χ2v) is 10.9. The van der Waals surface area contributed by atoms with E-state index in [0.29, 0.717) is 37.0 Å². The predicted octanol–water partition coefficient (Wildman–Crippen LogP) is 3.63. The van der Waals surface area contributed by atoms with E-state index in [-0.39, 0.29) is 12.5 Å². The van der Waals surface area contributed by atoms with Gasteiger partial charge in [0.1, 0.15) is 0 Å². The van der Waals surface area contributed by atoms with Crippen LogP contribution in [0.1, 0.15) is 49.3 Å². The maximum Gasteiger partial charge on any atom is 0.243 e. The summed E-state index contributed by atoms with van der Waals surface area (Å²) in [6.07, 6.45) is 4.41. The number of nitrogens with zero attached hydrogens (tertiary/aromatic N) is 2. The Labute approximate surface area is 191 Å². The van der Waals surface area contributed by atoms with Gasteiger partial charge >= 0.3 is 0 Å². The molecule has 0 bridgehead atoms. The number of nitrogens with one attached hydrogen (secondary N) is 1. The van der Waals surface area contributed by atoms with Crippen LogP contribution < -0.4 is 5.32 Å². The quantitative estimate of drug-likeness (QED) is 0.692. The SMILES string of the molecule is CCC(C)c1ccc(S(=O)(=O)N2CCN(CC(=O)Nc3ccc4c(c3)CCC4)CC2)cc1. The first-order chi connectivity index (χ1) is 15.4. The van der Waals surface area contributed by atoms with Crippen LogP contribution in [0.4, 0.5) is 5.69 Å². The summed E-state index contributed by atoms with van der Waals surface area (Å²) in [4.78, 5) is 14.9. The van der Waals surface area contributed by atoms with Crippen molar-refractivity contribution in [1.29, 1.82) is 0 Å². The van der Waals surface area contributed by atoms with Gasteiger partial charge in [-0.25, -0.2) is 8.42 Å². The van der Waals surface area contributed by atoms with Crippen molar-refractivity contribution in [3.63, 3.8) is 0 Å². The van der Waals surface area contributed by atoms with Crippen LogP contribution in [-0.2, 0) is 27.7 Å². The second-order valence-electron chi connectivity index (χ2n) is 8.94. The Morgan fingerprint density at radius 1 is 1.00 bits per heavy atom. The van der Waals surface area contributed by atoms with Gasteiger partial charge in [0.05, 0.1) is 11.4 Å². The smallest absolute Gasteiger partial charge is 0.243 e. The average Bonchev–Trinajstić information content (AvgIpc) is 3.27. The van der Waals surface area contributed by atoms with Gasteiger partial charge in [0.25, 0.3) is 0 Å². The Bertz CT molecular complexity index is 1060. The van der Waals surface area contributed by atoms with Crippen molar-refractivity contribution in [2.45, 2.75) is 50.3 Å². The Balaban J connectivity index is 1.30. The number of piperazine rings is 1. The molecule has 1 unspecified atom stereocenters. The van der Waals surface area contributed by atoms with Gasteiger partial charge in [-0.1, -0.05) is 32.0 Å². The Morgan fingerprint density at radius 3 is 2.38 bits per heavy atom. The first-order valence-corrected chi connectivity index (χ1v) is 13.0. The highest BCUT2D eigenvalue weighted by Crippen LogP contribution is 2.25. The summed E-state index contributed by atoms with van der Waals surface area (Å²) < 4.78 is 27.6. The molecule has 4 rings (SSSR count). The van der Waals surface area contributed by atoms with Gasteiger partial charge in [-0.3, -0.25) is 9.69 Å². The maximum absolute atomic E-state index is 13.0. The monoisotopic (exact) mass is 455 g/mol. The van der Waals surface area contributed by atoms with Crippen LogP contribution >= 0.6 is 0 Å². The summed E-state index contributed by atoms with van der Waals surface area (Å²) in [6, 6.07) is 13.4. The molecule has 172 valence electrons. The van der Waals surface area contributed by atoms with Gasteiger partial charge in [0.2, 0.25) is 15.9 Å². The number of hydrogen-bond acceptors (Lipinski definition) is 4. The van der Waals surface area contributed by atoms with E-state index in [2.05, 4.69) is 31.3 Å². The molecule has 2 aromatic carbocycles. The number of carbonyl (C=O) groups excluding carboxylic acids is 1. The third kappa shape index (κ3) is 5.05. The van der Waals surface area contributed by atoms with Crippen LogP contribution in [0, 0.1) is 0 Å². The fourth-order valence-electron chi connectivity index (χ4n) is 4.53. The molecule has 1 amide bonds. The molecule has 7 heteroatoms. The number of amides is 1. The van der Waals surface area contributed by atoms with Crippen molar-refractivity contribution in [3.05, 3.63) is 59.2 Å². The third-order valence-corrected chi connectivity index (χ3v) is 8.69. The highest BCUT2D eigenvalue weighted by Gasteiger charge is 2.29. The predicted molar refractivity (Wildman–Crippen MR) is 127 cm³/mol. The summed E-state index contributed by atoms with van der Waals surface area (Å²) in [5, 5.41) is 2.99. The van der Waals surface area contributed by atoms with Crippen molar-refractivity contribution in [2.75, 3.05) is 38.0 Å². The van der Waals surface area contributed by atoms with Crippen molar-refractivity contribution in [2.24, 2.45) is 0 Å². The summed E-state index contributed by atoms with van der Waals surface area (Å²) in [7, 11) is -3.51. The van der Waals surface area contributed by atoms with Crippen LogP contribution in [0.25, 0.3) is 0 Å². The standard InChI is InChI=1S/C25H33N3O3S/c1-3-19(2)20-8-11-24(12-9-20)32(30,31)28-15-13-27(14-16-28)18-25(29)26-23-10-7-21-5-4-6-22(21)17-23/h7-12,17,19H,3-6,13-16,18H2,1-2H3,(H,26,29). The topological polar surface area (TPSA) is 69.7 Å². The van der Waals surface area contributed by atoms with E-state index < -0.39 is 10.0 Å². The van der Waals surface area contributed by atoms with Crippen molar-refractivity contribution < 1.29 is 13.2 Å². The van der Waals surface area contributed by atoms with Crippen LogP contribution in [0.15, 0.2) is 47.4 Å². The number of carbonyl (C=O) groups is 1. The Morgan fingerprint density at radius 2 is 1.69 bits per heavy atom. The van der Waals surface area contributed by atoms with Gasteiger partial charge in [-0.2, -0.15) is 4.31 Å². The first-order valence-electron chi connectivity index (χ1n) is 11.6. The zero-order valence-electron chi connectivity index (χ0n) is 19.0. The fourth-order valence-corrected chi connectivity index (χ4v) is 5.96. The summed E-state index contributed by atoms with van der Waals surface area (Å²) >= 11 is 0. The van der Waals surface area contributed by atoms with Crippen molar-refractivity contribution >= 4 is 21.6 Å². The molecule has 6 nitrogen and oxygen atoms in total. The number of rotatable bonds is 7.